The van der Waals surface area contributed by atoms with Crippen LogP contribution in [0, 0.1) is 0 Å². The van der Waals surface area contributed by atoms with Gasteiger partial charge in [0.05, 0.1) is 11.9 Å². The minimum Gasteiger partial charge on any atom is -0.465 e. The highest BCUT2D eigenvalue weighted by molar-refractivity contribution is 7.94. The fourth-order valence-electron chi connectivity index (χ4n) is 1.57. The van der Waals surface area contributed by atoms with Crippen LogP contribution in [0.25, 0.3) is 0 Å². The van der Waals surface area contributed by atoms with E-state index < -0.39 is 25.8 Å². The van der Waals surface area contributed by atoms with Gasteiger partial charge in [-0.3, -0.25) is 4.79 Å². The molecule has 0 fully saturated rings. The largest absolute Gasteiger partial charge is 0.465 e. The molecule has 0 aromatic rings. The van der Waals surface area contributed by atoms with E-state index in [9.17, 15) is 13.2 Å². The van der Waals surface area contributed by atoms with Gasteiger partial charge in [-0.15, -0.1) is 0 Å². The highest BCUT2D eigenvalue weighted by Crippen LogP contribution is 2.26. The second-order valence-electron chi connectivity index (χ2n) is 4.21. The average molecular weight is 250 g/mol. The molecule has 0 radical (unpaired) electrons. The van der Waals surface area contributed by atoms with Gasteiger partial charge >= 0.3 is 5.97 Å². The van der Waals surface area contributed by atoms with Crippen LogP contribution in [0.1, 0.15) is 47.5 Å². The number of hydrogen-bond acceptors (Lipinski definition) is 4. The van der Waals surface area contributed by atoms with Crippen molar-refractivity contribution in [3.8, 4) is 0 Å². The standard InChI is InChI=1S/C11H22O4S/c1-6-9(7-2)16(13,14)11(4,5)10(12)15-8-3/h9H,6-8H2,1-5H3. The van der Waals surface area contributed by atoms with Crippen molar-refractivity contribution in [3.63, 3.8) is 0 Å². The van der Waals surface area contributed by atoms with Crippen molar-refractivity contribution < 1.29 is 17.9 Å². The first-order chi connectivity index (χ1) is 7.25. The molecule has 0 bridgehead atoms. The molecule has 0 rings (SSSR count). The third kappa shape index (κ3) is 2.75. The van der Waals surface area contributed by atoms with E-state index in [1.165, 1.54) is 13.8 Å². The number of ether oxygens (including phenoxy) is 1. The zero-order chi connectivity index (χ0) is 13.0. The van der Waals surface area contributed by atoms with Crippen molar-refractivity contribution in [2.75, 3.05) is 6.61 Å². The third-order valence-corrected chi connectivity index (χ3v) is 5.96. The normalized spacial score (nSPS) is 12.9. The van der Waals surface area contributed by atoms with Crippen LogP contribution in [0.5, 0.6) is 0 Å². The van der Waals surface area contributed by atoms with E-state index >= 15 is 0 Å². The number of carbonyl (C=O) groups excluding carboxylic acids is 1. The summed E-state index contributed by atoms with van der Waals surface area (Å²) in [6.45, 7) is 8.32. The summed E-state index contributed by atoms with van der Waals surface area (Å²) in [7, 11) is -3.50. The van der Waals surface area contributed by atoms with Crippen molar-refractivity contribution >= 4 is 15.8 Å². The predicted octanol–water partition coefficient (Wildman–Crippen LogP) is 1.93. The Kier molecular flexibility index (Phi) is 5.46. The van der Waals surface area contributed by atoms with Crippen LogP contribution in [0.15, 0.2) is 0 Å². The number of sulfone groups is 1. The van der Waals surface area contributed by atoms with Gasteiger partial charge in [0.2, 0.25) is 0 Å². The molecule has 0 aromatic heterocycles. The van der Waals surface area contributed by atoms with Gasteiger partial charge in [0, 0.05) is 0 Å². The Balaban J connectivity index is 5.20. The van der Waals surface area contributed by atoms with Crippen LogP contribution < -0.4 is 0 Å². The van der Waals surface area contributed by atoms with Gasteiger partial charge in [-0.2, -0.15) is 0 Å². The average Bonchev–Trinajstić information content (AvgIpc) is 2.19. The zero-order valence-corrected chi connectivity index (χ0v) is 11.6. The predicted molar refractivity (Wildman–Crippen MR) is 64.0 cm³/mol. The van der Waals surface area contributed by atoms with Gasteiger partial charge in [0.25, 0.3) is 0 Å². The molecule has 96 valence electrons. The van der Waals surface area contributed by atoms with E-state index in [1.54, 1.807) is 6.92 Å². The Labute approximate surface area is 98.3 Å². The number of rotatable bonds is 6. The molecule has 0 aliphatic carbocycles. The van der Waals surface area contributed by atoms with Crippen LogP contribution in [0.2, 0.25) is 0 Å². The van der Waals surface area contributed by atoms with E-state index in [1.807, 2.05) is 13.8 Å². The summed E-state index contributed by atoms with van der Waals surface area (Å²) in [5.74, 6) is -0.665. The molecule has 0 saturated carbocycles. The van der Waals surface area contributed by atoms with Gasteiger partial charge in [-0.05, 0) is 33.6 Å². The van der Waals surface area contributed by atoms with E-state index in [-0.39, 0.29) is 6.61 Å². The molecule has 0 aromatic carbocycles. The van der Waals surface area contributed by atoms with E-state index in [4.69, 9.17) is 4.74 Å². The van der Waals surface area contributed by atoms with Crippen molar-refractivity contribution in [2.24, 2.45) is 0 Å². The number of esters is 1. The topological polar surface area (TPSA) is 60.4 Å². The molecule has 0 saturated heterocycles. The summed E-state index contributed by atoms with van der Waals surface area (Å²) in [5, 5.41) is -0.480. The van der Waals surface area contributed by atoms with Crippen LogP contribution >= 0.6 is 0 Å². The smallest absolute Gasteiger partial charge is 0.326 e. The molecule has 0 spiro atoms. The summed E-state index contributed by atoms with van der Waals surface area (Å²) < 4.78 is 27.8. The van der Waals surface area contributed by atoms with Gasteiger partial charge in [-0.25, -0.2) is 8.42 Å². The Morgan fingerprint density at radius 1 is 1.19 bits per heavy atom. The highest BCUT2D eigenvalue weighted by atomic mass is 32.2. The summed E-state index contributed by atoms with van der Waals surface area (Å²) in [5.41, 5.74) is 0. The van der Waals surface area contributed by atoms with Crippen molar-refractivity contribution in [1.29, 1.82) is 0 Å². The maximum Gasteiger partial charge on any atom is 0.326 e. The third-order valence-electron chi connectivity index (χ3n) is 2.83. The van der Waals surface area contributed by atoms with Gasteiger partial charge in [0.15, 0.2) is 14.6 Å². The molecular weight excluding hydrogens is 228 g/mol. The van der Waals surface area contributed by atoms with Crippen LogP contribution in [-0.4, -0.2) is 31.0 Å². The molecule has 0 unspecified atom stereocenters. The van der Waals surface area contributed by atoms with Crippen LogP contribution in [-0.2, 0) is 19.4 Å². The molecule has 0 amide bonds. The maximum absolute atomic E-state index is 12.2. The monoisotopic (exact) mass is 250 g/mol. The molecule has 0 atom stereocenters. The lowest BCUT2D eigenvalue weighted by Crippen LogP contribution is -2.46. The van der Waals surface area contributed by atoms with Crippen molar-refractivity contribution in [3.05, 3.63) is 0 Å². The summed E-state index contributed by atoms with van der Waals surface area (Å²) in [4.78, 5) is 11.6. The molecule has 0 heterocycles. The van der Waals surface area contributed by atoms with E-state index in [0.717, 1.165) is 0 Å². The highest BCUT2D eigenvalue weighted by Gasteiger charge is 2.46. The molecule has 5 heteroatoms. The molecule has 0 N–H and O–H groups in total. The second kappa shape index (κ2) is 5.66. The first kappa shape index (κ1) is 15.4. The Morgan fingerprint density at radius 2 is 1.62 bits per heavy atom. The SMILES string of the molecule is CCOC(=O)C(C)(C)S(=O)(=O)C(CC)CC. The number of carbonyl (C=O) groups is 1. The van der Waals surface area contributed by atoms with Gasteiger partial charge in [0.1, 0.15) is 0 Å². The lowest BCUT2D eigenvalue weighted by molar-refractivity contribution is -0.145. The van der Waals surface area contributed by atoms with Gasteiger partial charge < -0.3 is 4.74 Å². The maximum atomic E-state index is 12.2. The van der Waals surface area contributed by atoms with Crippen LogP contribution in [0.3, 0.4) is 0 Å². The summed E-state index contributed by atoms with van der Waals surface area (Å²) in [6, 6.07) is 0. The molecule has 4 nitrogen and oxygen atoms in total. The fraction of sp³-hybridized carbons (Fsp3) is 0.909. The van der Waals surface area contributed by atoms with E-state index in [2.05, 4.69) is 0 Å². The number of hydrogen-bond donors (Lipinski definition) is 0. The molecule has 16 heavy (non-hydrogen) atoms. The molecule has 0 aliphatic heterocycles. The quantitative estimate of drug-likeness (QED) is 0.676. The molecular formula is C11H22O4S. The first-order valence-electron chi connectivity index (χ1n) is 5.66. The fourth-order valence-corrected chi connectivity index (χ4v) is 3.57. The van der Waals surface area contributed by atoms with Crippen molar-refractivity contribution in [2.45, 2.75) is 57.5 Å². The summed E-state index contributed by atoms with van der Waals surface area (Å²) in [6.07, 6.45) is 1.03. The molecule has 0 aliphatic rings. The second-order valence-corrected chi connectivity index (χ2v) is 6.99. The minimum atomic E-state index is -3.50. The Morgan fingerprint density at radius 3 is 1.94 bits per heavy atom. The Hall–Kier alpha value is -0.580. The van der Waals surface area contributed by atoms with Crippen LogP contribution in [0.4, 0.5) is 0 Å². The first-order valence-corrected chi connectivity index (χ1v) is 7.20. The lowest BCUT2D eigenvalue weighted by Gasteiger charge is -2.27. The zero-order valence-electron chi connectivity index (χ0n) is 10.7. The lowest BCUT2D eigenvalue weighted by atomic mass is 10.2. The van der Waals surface area contributed by atoms with Crippen molar-refractivity contribution in [1.82, 2.24) is 0 Å². The van der Waals surface area contributed by atoms with E-state index in [0.29, 0.717) is 12.8 Å². The summed E-state index contributed by atoms with van der Waals surface area (Å²) >= 11 is 0. The van der Waals surface area contributed by atoms with Gasteiger partial charge in [-0.1, -0.05) is 13.8 Å². The minimum absolute atomic E-state index is 0.195. The Bertz CT molecular complexity index is 326.